The van der Waals surface area contributed by atoms with Crippen molar-refractivity contribution >= 4 is 11.5 Å². The monoisotopic (exact) mass is 341 g/mol. The molecule has 1 fully saturated rings. The first kappa shape index (κ1) is 16.6. The van der Waals surface area contributed by atoms with Crippen LogP contribution in [0.2, 0.25) is 0 Å². The number of Topliss-reactive ketones (excluding diaryl/α,β-unsaturated/α-hetero) is 1. The molecule has 3 aromatic rings. The van der Waals surface area contributed by atoms with Crippen LogP contribution < -0.4 is 4.90 Å². The summed E-state index contributed by atoms with van der Waals surface area (Å²) in [5, 5.41) is 0. The van der Waals surface area contributed by atoms with Gasteiger partial charge >= 0.3 is 0 Å². The van der Waals surface area contributed by atoms with Crippen molar-refractivity contribution in [3.8, 4) is 0 Å². The zero-order valence-corrected chi connectivity index (χ0v) is 15.2. The molecule has 2 nitrogen and oxygen atoms in total. The molecule has 1 aliphatic carbocycles. The summed E-state index contributed by atoms with van der Waals surface area (Å²) >= 11 is 0. The van der Waals surface area contributed by atoms with Gasteiger partial charge in [0.1, 0.15) is 5.78 Å². The van der Waals surface area contributed by atoms with Crippen LogP contribution in [0.15, 0.2) is 84.9 Å². The molecule has 0 aliphatic heterocycles. The van der Waals surface area contributed by atoms with Crippen molar-refractivity contribution < 1.29 is 4.79 Å². The average molecular weight is 341 g/mol. The predicted molar refractivity (Wildman–Crippen MR) is 107 cm³/mol. The molecule has 3 atom stereocenters. The van der Waals surface area contributed by atoms with Crippen LogP contribution in [0.1, 0.15) is 34.4 Å². The molecule has 0 heterocycles. The summed E-state index contributed by atoms with van der Waals surface area (Å²) in [5.74, 6) is 0.384. The minimum atomic E-state index is -0.0705. The number of carbonyl (C=O) groups is 1. The van der Waals surface area contributed by atoms with E-state index in [9.17, 15) is 4.79 Å². The number of nitrogens with zero attached hydrogens (tertiary/aromatic N) is 1. The number of rotatable bonds is 4. The molecule has 130 valence electrons. The Hall–Kier alpha value is -2.87. The van der Waals surface area contributed by atoms with E-state index in [1.807, 2.05) is 38.4 Å². The maximum Gasteiger partial charge on any atom is 0.149 e. The molecule has 4 rings (SSSR count). The summed E-state index contributed by atoms with van der Waals surface area (Å²) in [7, 11) is 4.06. The Bertz CT molecular complexity index is 885. The minimum Gasteiger partial charge on any atom is -0.378 e. The van der Waals surface area contributed by atoms with Crippen molar-refractivity contribution in [1.29, 1.82) is 0 Å². The maximum atomic E-state index is 13.2. The molecule has 0 spiro atoms. The highest BCUT2D eigenvalue weighted by molar-refractivity contribution is 6.00. The van der Waals surface area contributed by atoms with Gasteiger partial charge in [0.25, 0.3) is 0 Å². The van der Waals surface area contributed by atoms with Crippen LogP contribution in [0.25, 0.3) is 0 Å². The highest BCUT2D eigenvalue weighted by Gasteiger charge is 2.51. The number of carbonyl (C=O) groups excluding carboxylic acids is 1. The zero-order chi connectivity index (χ0) is 18.1. The molecule has 1 saturated carbocycles. The van der Waals surface area contributed by atoms with E-state index in [-0.39, 0.29) is 17.8 Å². The maximum absolute atomic E-state index is 13.2. The second kappa shape index (κ2) is 6.80. The quantitative estimate of drug-likeness (QED) is 0.666. The molecule has 2 heteroatoms. The number of ketones is 1. The summed E-state index contributed by atoms with van der Waals surface area (Å²) in [6.45, 7) is 0. The molecule has 0 amide bonds. The lowest BCUT2D eigenvalue weighted by atomic mass is 9.56. The topological polar surface area (TPSA) is 20.3 Å². The second-order valence-corrected chi connectivity index (χ2v) is 7.19. The fourth-order valence-electron chi connectivity index (χ4n) is 4.06. The van der Waals surface area contributed by atoms with E-state index in [0.717, 1.165) is 16.8 Å². The van der Waals surface area contributed by atoms with Gasteiger partial charge in [-0.2, -0.15) is 0 Å². The Morgan fingerprint density at radius 2 is 1.08 bits per heavy atom. The molecule has 0 aromatic heterocycles. The first-order chi connectivity index (χ1) is 12.7. The Morgan fingerprint density at radius 3 is 1.58 bits per heavy atom. The number of anilines is 1. The van der Waals surface area contributed by atoms with Crippen molar-refractivity contribution in [2.75, 3.05) is 19.0 Å². The Kier molecular flexibility index (Phi) is 4.34. The van der Waals surface area contributed by atoms with Gasteiger partial charge < -0.3 is 4.90 Å². The molecule has 0 bridgehead atoms. The normalized spacial score (nSPS) is 21.9. The van der Waals surface area contributed by atoms with Crippen molar-refractivity contribution in [1.82, 2.24) is 0 Å². The molecule has 3 unspecified atom stereocenters. The average Bonchev–Trinajstić information content (AvgIpc) is 2.68. The summed E-state index contributed by atoms with van der Waals surface area (Å²) in [5.41, 5.74) is 4.62. The minimum absolute atomic E-state index is 0.0582. The fourth-order valence-corrected chi connectivity index (χ4v) is 4.06. The summed E-state index contributed by atoms with van der Waals surface area (Å²) in [6.07, 6.45) is 0. The van der Waals surface area contributed by atoms with Crippen LogP contribution in [0.5, 0.6) is 0 Å². The number of hydrogen-bond donors (Lipinski definition) is 0. The summed E-state index contributed by atoms with van der Waals surface area (Å²) in [4.78, 5) is 15.2. The molecule has 0 N–H and O–H groups in total. The second-order valence-electron chi connectivity index (χ2n) is 7.19. The summed E-state index contributed by atoms with van der Waals surface area (Å²) < 4.78 is 0. The van der Waals surface area contributed by atoms with E-state index in [0.29, 0.717) is 5.78 Å². The molecular weight excluding hydrogens is 318 g/mol. The Labute approximate surface area is 155 Å². The van der Waals surface area contributed by atoms with E-state index < -0.39 is 0 Å². The third-order valence-corrected chi connectivity index (χ3v) is 5.44. The van der Waals surface area contributed by atoms with Gasteiger partial charge in [-0.25, -0.2) is 0 Å². The smallest absolute Gasteiger partial charge is 0.149 e. The van der Waals surface area contributed by atoms with Crippen LogP contribution in [0, 0.1) is 0 Å². The van der Waals surface area contributed by atoms with Gasteiger partial charge in [0.05, 0.1) is 11.8 Å². The number of hydrogen-bond acceptors (Lipinski definition) is 2. The highest BCUT2D eigenvalue weighted by atomic mass is 16.1. The van der Waals surface area contributed by atoms with E-state index in [1.165, 1.54) is 5.56 Å². The third kappa shape index (κ3) is 2.82. The van der Waals surface area contributed by atoms with Crippen molar-refractivity contribution in [3.05, 3.63) is 102 Å². The third-order valence-electron chi connectivity index (χ3n) is 5.44. The van der Waals surface area contributed by atoms with Crippen LogP contribution >= 0.6 is 0 Å². The van der Waals surface area contributed by atoms with E-state index in [1.54, 1.807) is 0 Å². The van der Waals surface area contributed by atoms with Gasteiger partial charge in [-0.15, -0.1) is 0 Å². The molecule has 0 saturated heterocycles. The van der Waals surface area contributed by atoms with Gasteiger partial charge in [-0.1, -0.05) is 72.8 Å². The van der Waals surface area contributed by atoms with Gasteiger partial charge in [0.2, 0.25) is 0 Å². The van der Waals surface area contributed by atoms with Crippen molar-refractivity contribution in [2.45, 2.75) is 17.8 Å². The molecule has 1 aliphatic rings. The Balaban J connectivity index is 1.73. The fraction of sp³-hybridized carbons (Fsp3) is 0.208. The van der Waals surface area contributed by atoms with Crippen LogP contribution in [-0.4, -0.2) is 19.9 Å². The van der Waals surface area contributed by atoms with E-state index in [4.69, 9.17) is 0 Å². The molecular formula is C24H23NO. The lowest BCUT2D eigenvalue weighted by Gasteiger charge is -2.44. The highest BCUT2D eigenvalue weighted by Crippen LogP contribution is 2.55. The summed E-state index contributed by atoms with van der Waals surface area (Å²) in [6, 6.07) is 29.0. The first-order valence-electron chi connectivity index (χ1n) is 9.07. The van der Waals surface area contributed by atoms with Gasteiger partial charge in [0.15, 0.2) is 0 Å². The standard InChI is InChI=1S/C24H23NO/c1-25(2)20-15-13-19(14-16-20)23-21(17-9-5-3-6-10-17)22(24(23)26)18-11-7-4-8-12-18/h3-16,21-23H,1-2H3. The molecule has 26 heavy (non-hydrogen) atoms. The van der Waals surface area contributed by atoms with Gasteiger partial charge in [0, 0.05) is 25.7 Å². The predicted octanol–water partition coefficient (Wildman–Crippen LogP) is 4.99. The van der Waals surface area contributed by atoms with Crippen molar-refractivity contribution in [3.63, 3.8) is 0 Å². The van der Waals surface area contributed by atoms with Crippen LogP contribution in [0.3, 0.4) is 0 Å². The van der Waals surface area contributed by atoms with Gasteiger partial charge in [-0.05, 0) is 28.8 Å². The van der Waals surface area contributed by atoms with E-state index in [2.05, 4.69) is 65.6 Å². The molecule has 0 radical (unpaired) electrons. The number of benzene rings is 3. The lowest BCUT2D eigenvalue weighted by Crippen LogP contribution is -2.42. The SMILES string of the molecule is CN(C)c1ccc(C2C(=O)C(c3ccccc3)C2c2ccccc2)cc1. The van der Waals surface area contributed by atoms with Crippen LogP contribution in [0.4, 0.5) is 5.69 Å². The first-order valence-corrected chi connectivity index (χ1v) is 9.07. The molecule has 3 aromatic carbocycles. The lowest BCUT2D eigenvalue weighted by molar-refractivity contribution is -0.129. The van der Waals surface area contributed by atoms with Crippen molar-refractivity contribution in [2.24, 2.45) is 0 Å². The van der Waals surface area contributed by atoms with Crippen LogP contribution in [-0.2, 0) is 4.79 Å². The Morgan fingerprint density at radius 1 is 0.615 bits per heavy atom. The zero-order valence-electron chi connectivity index (χ0n) is 15.2. The largest absolute Gasteiger partial charge is 0.378 e. The van der Waals surface area contributed by atoms with Gasteiger partial charge in [-0.3, -0.25) is 4.79 Å². The van der Waals surface area contributed by atoms with E-state index >= 15 is 0 Å².